The van der Waals surface area contributed by atoms with Gasteiger partial charge in [0.05, 0.1) is 6.33 Å². The van der Waals surface area contributed by atoms with E-state index in [4.69, 9.17) is 5.73 Å². The maximum absolute atomic E-state index is 13.3. The van der Waals surface area contributed by atoms with Gasteiger partial charge in [0.25, 0.3) is 5.91 Å². The SMILES string of the molecule is CN(C)/N=N/c1[nH]cnc1C(N)=O.C[C@]12C=CC(=O)C=C1CC[C@@H]1[C@@H]2C(=O)C[C@@]2(C)[C@H]1CC[C@]2(O)C(=O)CO. The number of hydrogen-bond acceptors (Lipinski definition) is 9. The van der Waals surface area contributed by atoms with E-state index in [-0.39, 0.29) is 47.3 Å². The summed E-state index contributed by atoms with van der Waals surface area (Å²) >= 11 is 0. The maximum Gasteiger partial charge on any atom is 0.271 e. The third-order valence-electron chi connectivity index (χ3n) is 9.19. The number of allylic oxidation sites excluding steroid dienone is 4. The molecule has 6 atom stereocenters. The second kappa shape index (κ2) is 10.2. The van der Waals surface area contributed by atoms with Crippen molar-refractivity contribution in [2.75, 3.05) is 20.7 Å². The maximum atomic E-state index is 13.3. The zero-order valence-electron chi connectivity index (χ0n) is 22.7. The van der Waals surface area contributed by atoms with E-state index in [1.54, 1.807) is 26.2 Å². The number of carbonyl (C=O) groups is 4. The van der Waals surface area contributed by atoms with Crippen LogP contribution in [0.4, 0.5) is 5.82 Å². The molecule has 0 radical (unpaired) electrons. The highest BCUT2D eigenvalue weighted by molar-refractivity contribution is 6.02. The highest BCUT2D eigenvalue weighted by Gasteiger charge is 2.68. The summed E-state index contributed by atoms with van der Waals surface area (Å²) in [6, 6.07) is 0. The van der Waals surface area contributed by atoms with E-state index >= 15 is 0 Å². The Balaban J connectivity index is 0.000000229. The van der Waals surface area contributed by atoms with Gasteiger partial charge in [0.15, 0.2) is 23.1 Å². The lowest BCUT2D eigenvalue weighted by atomic mass is 9.46. The number of Topliss-reactive ketones (excluding diaryl/α,β-unsaturated/α-hetero) is 2. The monoisotopic (exact) mass is 540 g/mol. The van der Waals surface area contributed by atoms with Crippen LogP contribution in [0.15, 0.2) is 40.5 Å². The van der Waals surface area contributed by atoms with E-state index in [0.29, 0.717) is 12.8 Å². The number of amides is 1. The van der Waals surface area contributed by atoms with Crippen LogP contribution in [-0.4, -0.2) is 74.8 Å². The first-order valence-electron chi connectivity index (χ1n) is 13.0. The lowest BCUT2D eigenvalue weighted by Gasteiger charge is -2.56. The molecule has 210 valence electrons. The molecule has 5 rings (SSSR count). The quantitative estimate of drug-likeness (QED) is 0.321. The van der Waals surface area contributed by atoms with Crippen molar-refractivity contribution in [3.8, 4) is 0 Å². The third-order valence-corrected chi connectivity index (χ3v) is 9.19. The first-order chi connectivity index (χ1) is 18.3. The standard InChI is InChI=1S/C21H26O5.C6H10N6O/c1-19-7-5-13(23)9-12(19)3-4-14-15-6-8-21(26,17(25)11-22)20(15,2)10-16(24)18(14)19;1-12(2)11-10-6-4(5(7)13)8-3-9-6/h5,7,9,14-15,18,22,26H,3-4,6,8,10-11H2,1-2H3;3H,1-2H3,(H2,7,13)(H,8,9)/b;11-10+/t14-,15-,18+,19-,20-,21-;/m0./s1. The molecule has 0 saturated heterocycles. The number of primary amides is 1. The number of rotatable bonds is 5. The number of aromatic nitrogens is 2. The molecule has 1 heterocycles. The number of nitrogens with one attached hydrogen (secondary N) is 1. The topological polar surface area (TPSA) is 191 Å². The minimum atomic E-state index is -1.62. The van der Waals surface area contributed by atoms with Crippen molar-refractivity contribution >= 4 is 29.1 Å². The zero-order valence-corrected chi connectivity index (χ0v) is 22.7. The summed E-state index contributed by atoms with van der Waals surface area (Å²) < 4.78 is 0. The van der Waals surface area contributed by atoms with Gasteiger partial charge >= 0.3 is 0 Å². The highest BCUT2D eigenvalue weighted by atomic mass is 16.3. The van der Waals surface area contributed by atoms with Crippen molar-refractivity contribution < 1.29 is 29.4 Å². The van der Waals surface area contributed by atoms with Gasteiger partial charge in [0.2, 0.25) is 0 Å². The molecule has 39 heavy (non-hydrogen) atoms. The van der Waals surface area contributed by atoms with Crippen LogP contribution in [0.3, 0.4) is 0 Å². The van der Waals surface area contributed by atoms with Gasteiger partial charge in [-0.3, -0.25) is 24.2 Å². The van der Waals surface area contributed by atoms with Gasteiger partial charge in [-0.15, -0.1) is 5.11 Å². The van der Waals surface area contributed by atoms with Crippen molar-refractivity contribution in [2.45, 2.75) is 51.6 Å². The van der Waals surface area contributed by atoms with Gasteiger partial charge in [0, 0.05) is 37.3 Å². The first-order valence-corrected chi connectivity index (χ1v) is 13.0. The molecule has 5 N–H and O–H groups in total. The average Bonchev–Trinajstić information content (AvgIpc) is 3.46. The van der Waals surface area contributed by atoms with Gasteiger partial charge < -0.3 is 20.9 Å². The minimum absolute atomic E-state index is 0.0206. The third kappa shape index (κ3) is 4.65. The number of ketones is 3. The van der Waals surface area contributed by atoms with Crippen LogP contribution in [0, 0.1) is 28.6 Å². The lowest BCUT2D eigenvalue weighted by molar-refractivity contribution is -0.168. The largest absolute Gasteiger partial charge is 0.388 e. The molecule has 12 nitrogen and oxygen atoms in total. The fraction of sp³-hybridized carbons (Fsp3) is 0.593. The molecule has 0 spiro atoms. The van der Waals surface area contributed by atoms with Crippen molar-refractivity contribution in [3.05, 3.63) is 35.8 Å². The molecule has 0 aromatic carbocycles. The van der Waals surface area contributed by atoms with E-state index in [1.165, 1.54) is 11.3 Å². The number of nitrogens with two attached hydrogens (primary N) is 1. The van der Waals surface area contributed by atoms with Crippen LogP contribution in [0.5, 0.6) is 0 Å². The molecule has 0 unspecified atom stereocenters. The summed E-state index contributed by atoms with van der Waals surface area (Å²) in [5.74, 6) is -0.956. The summed E-state index contributed by atoms with van der Waals surface area (Å²) in [6.07, 6.45) is 9.16. The van der Waals surface area contributed by atoms with Crippen molar-refractivity contribution in [1.29, 1.82) is 0 Å². The molecule has 3 saturated carbocycles. The lowest BCUT2D eigenvalue weighted by Crippen LogP contribution is -2.60. The van der Waals surface area contributed by atoms with Crippen LogP contribution in [-0.2, 0) is 14.4 Å². The molecule has 4 aliphatic carbocycles. The summed E-state index contributed by atoms with van der Waals surface area (Å²) in [7, 11) is 3.42. The molecule has 1 aromatic rings. The van der Waals surface area contributed by atoms with Gasteiger partial charge in [-0.1, -0.05) is 30.7 Å². The molecule has 1 amide bonds. The summed E-state index contributed by atoms with van der Waals surface area (Å²) in [5, 5.41) is 29.4. The predicted molar refractivity (Wildman–Crippen MR) is 139 cm³/mol. The van der Waals surface area contributed by atoms with Gasteiger partial charge in [-0.2, -0.15) is 0 Å². The molecular formula is C27H36N6O6. The van der Waals surface area contributed by atoms with E-state index in [9.17, 15) is 29.4 Å². The first kappa shape index (κ1) is 28.5. The minimum Gasteiger partial charge on any atom is -0.388 e. The van der Waals surface area contributed by atoms with E-state index in [0.717, 1.165) is 18.4 Å². The van der Waals surface area contributed by atoms with Crippen molar-refractivity contribution in [3.63, 3.8) is 0 Å². The molecule has 1 aromatic heterocycles. The molecular weight excluding hydrogens is 504 g/mol. The number of aliphatic hydroxyl groups excluding tert-OH is 1. The summed E-state index contributed by atoms with van der Waals surface area (Å²) in [6.45, 7) is 3.19. The molecule has 4 aliphatic rings. The molecule has 12 heteroatoms. The van der Waals surface area contributed by atoms with Crippen molar-refractivity contribution in [1.82, 2.24) is 15.0 Å². The van der Waals surface area contributed by atoms with Crippen LogP contribution < -0.4 is 5.73 Å². The van der Waals surface area contributed by atoms with E-state index in [2.05, 4.69) is 20.3 Å². The fourth-order valence-corrected chi connectivity index (χ4v) is 7.30. The van der Waals surface area contributed by atoms with Crippen molar-refractivity contribution in [2.24, 2.45) is 44.7 Å². The highest BCUT2D eigenvalue weighted by Crippen LogP contribution is 2.66. The Kier molecular flexibility index (Phi) is 7.48. The number of H-pyrrole nitrogens is 1. The van der Waals surface area contributed by atoms with Gasteiger partial charge in [-0.05, 0) is 49.7 Å². The predicted octanol–water partition coefficient (Wildman–Crippen LogP) is 1.83. The molecule has 0 bridgehead atoms. The Bertz CT molecular complexity index is 1280. The Morgan fingerprint density at radius 1 is 1.26 bits per heavy atom. The number of aromatic amines is 1. The molecule has 0 aliphatic heterocycles. The number of nitrogens with zero attached hydrogens (tertiary/aromatic N) is 4. The second-order valence-corrected chi connectivity index (χ2v) is 11.5. The van der Waals surface area contributed by atoms with E-state index < -0.39 is 34.7 Å². The summed E-state index contributed by atoms with van der Waals surface area (Å²) in [4.78, 5) is 54.5. The van der Waals surface area contributed by atoms with Crippen LogP contribution >= 0.6 is 0 Å². The number of carbonyl (C=O) groups excluding carboxylic acids is 4. The number of fused-ring (bicyclic) bond motifs is 5. The summed E-state index contributed by atoms with van der Waals surface area (Å²) in [5.41, 5.74) is 3.26. The van der Waals surface area contributed by atoms with Crippen LogP contribution in [0.25, 0.3) is 0 Å². The number of aliphatic hydroxyl groups is 2. The smallest absolute Gasteiger partial charge is 0.271 e. The zero-order chi connectivity index (χ0) is 28.8. The van der Waals surface area contributed by atoms with Crippen LogP contribution in [0.1, 0.15) is 56.4 Å². The molecule has 3 fully saturated rings. The van der Waals surface area contributed by atoms with Gasteiger partial charge in [0.1, 0.15) is 18.0 Å². The van der Waals surface area contributed by atoms with Crippen LogP contribution in [0.2, 0.25) is 0 Å². The number of hydrogen-bond donors (Lipinski definition) is 4. The Labute approximate surface area is 226 Å². The normalized spacial score (nSPS) is 34.9. The van der Waals surface area contributed by atoms with E-state index in [1.807, 2.05) is 19.9 Å². The Morgan fingerprint density at radius 3 is 2.62 bits per heavy atom. The van der Waals surface area contributed by atoms with Gasteiger partial charge in [-0.25, -0.2) is 4.98 Å². The second-order valence-electron chi connectivity index (χ2n) is 11.5. The Hall–Kier alpha value is -3.51. The fourth-order valence-electron chi connectivity index (χ4n) is 7.30. The average molecular weight is 541 g/mol. The number of imidazole rings is 1. The Morgan fingerprint density at radius 2 is 1.97 bits per heavy atom.